The number of hydrogen-bond acceptors (Lipinski definition) is 2. The Kier molecular flexibility index (Phi) is 5.92. The Hall–Kier alpha value is -1.29. The Labute approximate surface area is 111 Å². The van der Waals surface area contributed by atoms with Crippen LogP contribution in [0.25, 0.3) is 0 Å². The molecule has 0 radical (unpaired) electrons. The molecule has 0 aliphatic heterocycles. The van der Waals surface area contributed by atoms with E-state index in [9.17, 15) is 9.18 Å². The molecule has 1 rings (SSSR count). The van der Waals surface area contributed by atoms with Gasteiger partial charge in [0.1, 0.15) is 0 Å². The minimum Gasteiger partial charge on any atom is -0.494 e. The number of amides is 1. The highest BCUT2D eigenvalue weighted by molar-refractivity contribution is 6.17. The Balaban J connectivity index is 2.61. The van der Waals surface area contributed by atoms with Crippen molar-refractivity contribution in [3.63, 3.8) is 0 Å². The molecule has 0 bridgehead atoms. The summed E-state index contributed by atoms with van der Waals surface area (Å²) < 4.78 is 18.0. The van der Waals surface area contributed by atoms with E-state index >= 15 is 0 Å². The summed E-state index contributed by atoms with van der Waals surface area (Å²) in [6.07, 6.45) is 0.842. The van der Waals surface area contributed by atoms with Crippen molar-refractivity contribution in [2.45, 2.75) is 13.3 Å². The lowest BCUT2D eigenvalue weighted by atomic mass is 10.1. The molecule has 0 fully saturated rings. The van der Waals surface area contributed by atoms with Crippen LogP contribution in [0.3, 0.4) is 0 Å². The van der Waals surface area contributed by atoms with Crippen LogP contribution in [0.1, 0.15) is 23.7 Å². The van der Waals surface area contributed by atoms with Gasteiger partial charge in [-0.2, -0.15) is 0 Å². The van der Waals surface area contributed by atoms with E-state index in [0.29, 0.717) is 23.9 Å². The van der Waals surface area contributed by atoms with Gasteiger partial charge in [0.2, 0.25) is 0 Å². The van der Waals surface area contributed by atoms with Crippen molar-refractivity contribution in [3.8, 4) is 5.75 Å². The van der Waals surface area contributed by atoms with Crippen LogP contribution in [-0.2, 0) is 0 Å². The molecule has 0 spiro atoms. The second-order valence-electron chi connectivity index (χ2n) is 4.14. The van der Waals surface area contributed by atoms with Crippen molar-refractivity contribution in [1.29, 1.82) is 0 Å². The van der Waals surface area contributed by atoms with Gasteiger partial charge in [-0.1, -0.05) is 6.92 Å². The van der Waals surface area contributed by atoms with Crippen molar-refractivity contribution < 1.29 is 13.9 Å². The molecule has 100 valence electrons. The predicted molar refractivity (Wildman–Crippen MR) is 69.8 cm³/mol. The van der Waals surface area contributed by atoms with Gasteiger partial charge in [0.15, 0.2) is 11.6 Å². The summed E-state index contributed by atoms with van der Waals surface area (Å²) in [5, 5.41) is 2.78. The first-order chi connectivity index (χ1) is 8.58. The first-order valence-electron chi connectivity index (χ1n) is 5.76. The molecule has 1 atom stereocenters. The molecule has 1 aromatic rings. The maximum Gasteiger partial charge on any atom is 0.251 e. The van der Waals surface area contributed by atoms with Crippen LogP contribution in [0.5, 0.6) is 5.75 Å². The summed E-state index contributed by atoms with van der Waals surface area (Å²) >= 11 is 5.61. The zero-order chi connectivity index (χ0) is 13.5. The second kappa shape index (κ2) is 7.21. The number of halogens is 2. The number of carbonyl (C=O) groups excluding carboxylic acids is 1. The lowest BCUT2D eigenvalue weighted by molar-refractivity contribution is 0.0947. The Morgan fingerprint density at radius 3 is 2.89 bits per heavy atom. The second-order valence-corrected chi connectivity index (χ2v) is 4.52. The molecule has 0 saturated heterocycles. The lowest BCUT2D eigenvalue weighted by Crippen LogP contribution is -2.28. The molecule has 3 nitrogen and oxygen atoms in total. The number of carbonyl (C=O) groups is 1. The Morgan fingerprint density at radius 1 is 1.56 bits per heavy atom. The van der Waals surface area contributed by atoms with Crippen LogP contribution < -0.4 is 10.1 Å². The van der Waals surface area contributed by atoms with Gasteiger partial charge in [-0.3, -0.25) is 4.79 Å². The van der Waals surface area contributed by atoms with E-state index in [0.717, 1.165) is 6.42 Å². The molecular weight excluding hydrogens is 257 g/mol. The Morgan fingerprint density at radius 2 is 2.28 bits per heavy atom. The van der Waals surface area contributed by atoms with E-state index < -0.39 is 5.82 Å². The third-order valence-electron chi connectivity index (χ3n) is 2.63. The van der Waals surface area contributed by atoms with E-state index in [2.05, 4.69) is 5.32 Å². The molecule has 1 N–H and O–H groups in total. The number of methoxy groups -OCH3 is 1. The summed E-state index contributed by atoms with van der Waals surface area (Å²) in [7, 11) is 1.36. The van der Waals surface area contributed by atoms with Crippen LogP contribution in [0, 0.1) is 11.7 Å². The first kappa shape index (κ1) is 14.8. The van der Waals surface area contributed by atoms with Gasteiger partial charge in [0.05, 0.1) is 7.11 Å². The predicted octanol–water partition coefficient (Wildman–Crippen LogP) is 2.83. The molecule has 0 saturated carbocycles. The summed E-state index contributed by atoms with van der Waals surface area (Å²) in [5.74, 6) is 0.228. The summed E-state index contributed by atoms with van der Waals surface area (Å²) in [6, 6.07) is 4.03. The van der Waals surface area contributed by atoms with E-state index in [1.807, 2.05) is 6.92 Å². The van der Waals surface area contributed by atoms with E-state index in [1.165, 1.54) is 25.3 Å². The molecule has 1 unspecified atom stereocenters. The zero-order valence-electron chi connectivity index (χ0n) is 10.5. The topological polar surface area (TPSA) is 38.3 Å². The van der Waals surface area contributed by atoms with Crippen LogP contribution in [0.15, 0.2) is 18.2 Å². The normalized spacial score (nSPS) is 12.0. The number of alkyl halides is 1. The average Bonchev–Trinajstić information content (AvgIpc) is 2.37. The average molecular weight is 274 g/mol. The highest BCUT2D eigenvalue weighted by Gasteiger charge is 2.11. The van der Waals surface area contributed by atoms with Crippen molar-refractivity contribution >= 4 is 17.5 Å². The number of benzene rings is 1. The molecule has 5 heteroatoms. The zero-order valence-corrected chi connectivity index (χ0v) is 11.3. The van der Waals surface area contributed by atoms with E-state index in [1.54, 1.807) is 0 Å². The number of nitrogens with one attached hydrogen (secondary N) is 1. The molecule has 0 heterocycles. The minimum atomic E-state index is -0.482. The third kappa shape index (κ3) is 4.18. The van der Waals surface area contributed by atoms with Crippen molar-refractivity contribution in [2.75, 3.05) is 19.5 Å². The Bertz CT molecular complexity index is 412. The standard InChI is InChI=1S/C13H17ClFNO2/c1-9(5-6-14)8-16-13(17)10-3-4-11(15)12(7-10)18-2/h3-4,7,9H,5-6,8H2,1-2H3,(H,16,17). The van der Waals surface area contributed by atoms with Crippen LogP contribution in [0.2, 0.25) is 0 Å². The molecule has 1 amide bonds. The maximum absolute atomic E-state index is 13.2. The van der Waals surface area contributed by atoms with Crippen molar-refractivity contribution in [2.24, 2.45) is 5.92 Å². The minimum absolute atomic E-state index is 0.0662. The van der Waals surface area contributed by atoms with E-state index in [-0.39, 0.29) is 11.7 Å². The largest absolute Gasteiger partial charge is 0.494 e. The van der Waals surface area contributed by atoms with Gasteiger partial charge >= 0.3 is 0 Å². The fourth-order valence-electron chi connectivity index (χ4n) is 1.46. The maximum atomic E-state index is 13.2. The van der Waals surface area contributed by atoms with E-state index in [4.69, 9.17) is 16.3 Å². The number of ether oxygens (including phenoxy) is 1. The van der Waals surface area contributed by atoms with Crippen molar-refractivity contribution in [1.82, 2.24) is 5.32 Å². The molecule has 1 aromatic carbocycles. The van der Waals surface area contributed by atoms with Gasteiger partial charge in [0, 0.05) is 18.0 Å². The summed E-state index contributed by atoms with van der Waals surface area (Å²) in [4.78, 5) is 11.8. The van der Waals surface area contributed by atoms with Crippen LogP contribution in [-0.4, -0.2) is 25.4 Å². The van der Waals surface area contributed by atoms with Crippen LogP contribution in [0.4, 0.5) is 4.39 Å². The molecule has 0 aromatic heterocycles. The highest BCUT2D eigenvalue weighted by atomic mass is 35.5. The van der Waals surface area contributed by atoms with Gasteiger partial charge < -0.3 is 10.1 Å². The molecular formula is C13H17ClFNO2. The molecule has 0 aliphatic carbocycles. The summed E-state index contributed by atoms with van der Waals surface area (Å²) in [6.45, 7) is 2.55. The smallest absolute Gasteiger partial charge is 0.251 e. The monoisotopic (exact) mass is 273 g/mol. The first-order valence-corrected chi connectivity index (χ1v) is 6.29. The molecule has 0 aliphatic rings. The SMILES string of the molecule is COc1cc(C(=O)NCC(C)CCCl)ccc1F. The van der Waals surface area contributed by atoms with Gasteiger partial charge in [-0.15, -0.1) is 11.6 Å². The van der Waals surface area contributed by atoms with Gasteiger partial charge in [-0.25, -0.2) is 4.39 Å². The molecule has 18 heavy (non-hydrogen) atoms. The van der Waals surface area contributed by atoms with Gasteiger partial charge in [0.25, 0.3) is 5.91 Å². The quantitative estimate of drug-likeness (QED) is 0.810. The van der Waals surface area contributed by atoms with Gasteiger partial charge in [-0.05, 0) is 30.5 Å². The fraction of sp³-hybridized carbons (Fsp3) is 0.462. The third-order valence-corrected chi connectivity index (χ3v) is 2.84. The van der Waals surface area contributed by atoms with Crippen molar-refractivity contribution in [3.05, 3.63) is 29.6 Å². The number of rotatable bonds is 6. The summed E-state index contributed by atoms with van der Waals surface area (Å²) in [5.41, 5.74) is 0.381. The highest BCUT2D eigenvalue weighted by Crippen LogP contribution is 2.18. The lowest BCUT2D eigenvalue weighted by Gasteiger charge is -2.11. The van der Waals surface area contributed by atoms with Crippen LogP contribution >= 0.6 is 11.6 Å². The fourth-order valence-corrected chi connectivity index (χ4v) is 1.83. The number of hydrogen-bond donors (Lipinski definition) is 1.